The van der Waals surface area contributed by atoms with Crippen LogP contribution in [0.1, 0.15) is 72.9 Å². The van der Waals surface area contributed by atoms with E-state index in [9.17, 15) is 19.2 Å². The molecule has 0 unspecified atom stereocenters. The summed E-state index contributed by atoms with van der Waals surface area (Å²) in [6.45, 7) is 2.76. The number of thiazole rings is 1. The van der Waals surface area contributed by atoms with E-state index in [1.807, 2.05) is 37.7 Å². The van der Waals surface area contributed by atoms with Crippen LogP contribution in [0, 0.1) is 0 Å². The molecule has 1 aliphatic heterocycles. The molecule has 0 radical (unpaired) electrons. The molecule has 2 aromatic heterocycles. The molecule has 6 rings (SSSR count). The fourth-order valence-corrected chi connectivity index (χ4v) is 7.67. The molecule has 12 heteroatoms. The minimum absolute atomic E-state index is 0.168. The largest absolute Gasteiger partial charge is 0.478 e. The number of carboxylic acid groups (broad SMARTS) is 1. The van der Waals surface area contributed by atoms with E-state index < -0.39 is 11.5 Å². The second kappa shape index (κ2) is 13.7. The van der Waals surface area contributed by atoms with E-state index in [0.717, 1.165) is 41.2 Å². The van der Waals surface area contributed by atoms with Crippen LogP contribution in [0.5, 0.6) is 0 Å². The van der Waals surface area contributed by atoms with Crippen LogP contribution in [0.3, 0.4) is 0 Å². The van der Waals surface area contributed by atoms with Gasteiger partial charge in [-0.3, -0.25) is 14.4 Å². The molecular formula is C36H40N6O5S. The second-order valence-corrected chi connectivity index (χ2v) is 13.7. The highest BCUT2D eigenvalue weighted by atomic mass is 32.1. The average Bonchev–Trinajstić information content (AvgIpc) is 3.81. The molecule has 0 spiro atoms. The van der Waals surface area contributed by atoms with Crippen LogP contribution in [-0.4, -0.2) is 68.9 Å². The minimum Gasteiger partial charge on any atom is -0.478 e. The Morgan fingerprint density at radius 2 is 1.71 bits per heavy atom. The van der Waals surface area contributed by atoms with Gasteiger partial charge < -0.3 is 30.5 Å². The van der Waals surface area contributed by atoms with E-state index in [4.69, 9.17) is 10.1 Å². The van der Waals surface area contributed by atoms with Crippen molar-refractivity contribution in [3.05, 3.63) is 70.6 Å². The van der Waals surface area contributed by atoms with Crippen molar-refractivity contribution >= 4 is 62.8 Å². The maximum atomic E-state index is 14.0. The highest BCUT2D eigenvalue weighted by molar-refractivity contribution is 7.14. The number of likely N-dealkylation sites (tertiary alicyclic amines) is 1. The van der Waals surface area contributed by atoms with E-state index in [1.54, 1.807) is 24.3 Å². The van der Waals surface area contributed by atoms with E-state index in [2.05, 4.69) is 25.4 Å². The van der Waals surface area contributed by atoms with Crippen molar-refractivity contribution in [2.24, 2.45) is 7.05 Å². The first-order valence-corrected chi connectivity index (χ1v) is 17.1. The van der Waals surface area contributed by atoms with Gasteiger partial charge >= 0.3 is 5.97 Å². The Morgan fingerprint density at radius 3 is 2.38 bits per heavy atom. The fourth-order valence-electron chi connectivity index (χ4n) is 6.93. The van der Waals surface area contributed by atoms with Crippen molar-refractivity contribution in [1.29, 1.82) is 0 Å². The van der Waals surface area contributed by atoms with Crippen molar-refractivity contribution in [1.82, 2.24) is 19.8 Å². The summed E-state index contributed by atoms with van der Waals surface area (Å²) in [5, 5.41) is 21.4. The molecule has 1 saturated carbocycles. The Kier molecular flexibility index (Phi) is 9.47. The van der Waals surface area contributed by atoms with Gasteiger partial charge in [-0.2, -0.15) is 0 Å². The number of aromatic nitrogens is 2. The van der Waals surface area contributed by atoms with Gasteiger partial charge in [0.05, 0.1) is 5.69 Å². The van der Waals surface area contributed by atoms with Crippen LogP contribution in [0.15, 0.2) is 53.9 Å². The predicted octanol–water partition coefficient (Wildman–Crippen LogP) is 5.85. The number of carboxylic acids is 1. The molecule has 2 aliphatic rings. The van der Waals surface area contributed by atoms with E-state index >= 15 is 0 Å². The molecule has 4 aromatic rings. The first kappa shape index (κ1) is 33.1. The highest BCUT2D eigenvalue weighted by Crippen LogP contribution is 2.45. The maximum absolute atomic E-state index is 14.0. The number of benzene rings is 2. The number of piperidine rings is 1. The zero-order chi connectivity index (χ0) is 34.0. The van der Waals surface area contributed by atoms with Crippen LogP contribution in [0.25, 0.3) is 28.4 Å². The third kappa shape index (κ3) is 6.90. The molecule has 3 amide bonds. The lowest BCUT2D eigenvalue weighted by atomic mass is 9.86. The Balaban J connectivity index is 1.30. The lowest BCUT2D eigenvalue weighted by Crippen LogP contribution is -2.61. The third-order valence-electron chi connectivity index (χ3n) is 9.51. The monoisotopic (exact) mass is 668 g/mol. The summed E-state index contributed by atoms with van der Waals surface area (Å²) in [5.74, 6) is -1.44. The second-order valence-electron chi connectivity index (χ2n) is 12.8. The molecule has 250 valence electrons. The molecule has 2 aromatic carbocycles. The zero-order valence-electron chi connectivity index (χ0n) is 27.3. The summed E-state index contributed by atoms with van der Waals surface area (Å²) in [6.07, 6.45) is 7.95. The Labute approximate surface area is 283 Å². The predicted molar refractivity (Wildman–Crippen MR) is 188 cm³/mol. The number of aryl methyl sites for hydroxylation is 1. The number of aliphatic carboxylic acids is 1. The SMILES string of the molecule is CC(=O)Nc1nc(-c2c(C3CCCC3)c3ccc(C(=O)NC4(C(=O)Nc5ccc(/C=C/C(=O)O)cc5)CCN(C)CC4)cc3n2C)cs1. The van der Waals surface area contributed by atoms with Crippen LogP contribution >= 0.6 is 11.3 Å². The van der Waals surface area contributed by atoms with Crippen molar-refractivity contribution in [3.8, 4) is 11.4 Å². The number of carbonyl (C=O) groups excluding carboxylic acids is 3. The van der Waals surface area contributed by atoms with E-state index in [0.29, 0.717) is 53.8 Å². The summed E-state index contributed by atoms with van der Waals surface area (Å²) < 4.78 is 2.10. The lowest BCUT2D eigenvalue weighted by molar-refractivity contribution is -0.131. The van der Waals surface area contributed by atoms with Gasteiger partial charge in [0, 0.05) is 60.7 Å². The number of rotatable bonds is 9. The normalized spacial score (nSPS) is 16.7. The quantitative estimate of drug-likeness (QED) is 0.164. The molecule has 2 fully saturated rings. The minimum atomic E-state index is -1.12. The smallest absolute Gasteiger partial charge is 0.328 e. The number of nitrogens with zero attached hydrogens (tertiary/aromatic N) is 3. The molecule has 0 bridgehead atoms. The number of hydrogen-bond acceptors (Lipinski definition) is 7. The van der Waals surface area contributed by atoms with Crippen molar-refractivity contribution in [2.75, 3.05) is 30.8 Å². The van der Waals surface area contributed by atoms with Gasteiger partial charge in [-0.15, -0.1) is 11.3 Å². The molecular weight excluding hydrogens is 629 g/mol. The summed E-state index contributed by atoms with van der Waals surface area (Å²) in [7, 11) is 3.99. The molecule has 3 heterocycles. The number of fused-ring (bicyclic) bond motifs is 1. The average molecular weight is 669 g/mol. The molecule has 1 aliphatic carbocycles. The van der Waals surface area contributed by atoms with Crippen LogP contribution in [0.4, 0.5) is 10.8 Å². The first-order valence-electron chi connectivity index (χ1n) is 16.2. The van der Waals surface area contributed by atoms with Crippen LogP contribution in [-0.2, 0) is 21.4 Å². The van der Waals surface area contributed by atoms with Gasteiger partial charge in [0.2, 0.25) is 11.8 Å². The van der Waals surface area contributed by atoms with Crippen LogP contribution in [0.2, 0.25) is 0 Å². The van der Waals surface area contributed by atoms with Crippen LogP contribution < -0.4 is 16.0 Å². The van der Waals surface area contributed by atoms with Gasteiger partial charge in [0.1, 0.15) is 11.2 Å². The molecule has 0 atom stereocenters. The highest BCUT2D eigenvalue weighted by Gasteiger charge is 2.42. The number of nitrogens with one attached hydrogen (secondary N) is 3. The van der Waals surface area contributed by atoms with Gasteiger partial charge in [0.25, 0.3) is 5.91 Å². The van der Waals surface area contributed by atoms with E-state index in [-0.39, 0.29) is 17.7 Å². The van der Waals surface area contributed by atoms with Crippen molar-refractivity contribution < 1.29 is 24.3 Å². The Bertz CT molecular complexity index is 1900. The summed E-state index contributed by atoms with van der Waals surface area (Å²) in [5.41, 5.74) is 4.53. The maximum Gasteiger partial charge on any atom is 0.328 e. The number of carbonyl (C=O) groups is 4. The zero-order valence-corrected chi connectivity index (χ0v) is 28.2. The van der Waals surface area contributed by atoms with Gasteiger partial charge in [-0.05, 0) is 80.1 Å². The topological polar surface area (TPSA) is 146 Å². The molecule has 1 saturated heterocycles. The Hall–Kier alpha value is -4.81. The summed E-state index contributed by atoms with van der Waals surface area (Å²) in [6, 6.07) is 12.6. The standard InChI is InChI=1S/C36H40N6O5S/c1-22(43)37-35-39-28(21-48-35)32-31(24-6-4-5-7-24)27-14-11-25(20-29(27)42(32)3)33(46)40-36(16-18-41(2)19-17-36)34(47)38-26-12-8-23(9-13-26)10-15-30(44)45/h8-15,20-21,24H,4-7,16-19H2,1-3H3,(H,38,47)(H,40,46)(H,44,45)(H,37,39,43)/b15-10+. The van der Waals surface area contributed by atoms with Gasteiger partial charge in [-0.25, -0.2) is 9.78 Å². The molecule has 11 nitrogen and oxygen atoms in total. The summed E-state index contributed by atoms with van der Waals surface area (Å²) in [4.78, 5) is 57.3. The third-order valence-corrected chi connectivity index (χ3v) is 10.3. The number of amides is 3. The van der Waals surface area contributed by atoms with Gasteiger partial charge in [-0.1, -0.05) is 31.0 Å². The van der Waals surface area contributed by atoms with Gasteiger partial charge in [0.15, 0.2) is 5.13 Å². The van der Waals surface area contributed by atoms with Crippen molar-refractivity contribution in [3.63, 3.8) is 0 Å². The Morgan fingerprint density at radius 1 is 1.00 bits per heavy atom. The van der Waals surface area contributed by atoms with E-state index in [1.165, 1.54) is 42.7 Å². The summed E-state index contributed by atoms with van der Waals surface area (Å²) >= 11 is 1.39. The first-order chi connectivity index (χ1) is 23.0. The number of anilines is 2. The lowest BCUT2D eigenvalue weighted by Gasteiger charge is -2.40. The number of hydrogen-bond donors (Lipinski definition) is 4. The molecule has 4 N–H and O–H groups in total. The van der Waals surface area contributed by atoms with Crippen molar-refractivity contribution in [2.45, 2.75) is 56.9 Å². The molecule has 48 heavy (non-hydrogen) atoms. The fraction of sp³-hybridized carbons (Fsp3) is 0.361.